The monoisotopic (exact) mass is 414 g/mol. The summed E-state index contributed by atoms with van der Waals surface area (Å²) in [5.74, 6) is -0.236. The van der Waals surface area contributed by atoms with Crippen LogP contribution in [0.4, 0.5) is 5.00 Å². The number of aromatic nitrogens is 1. The van der Waals surface area contributed by atoms with Crippen LogP contribution in [0.1, 0.15) is 37.8 Å². The van der Waals surface area contributed by atoms with Crippen LogP contribution >= 0.6 is 23.7 Å². The minimum atomic E-state index is -0.383. The third-order valence-electron chi connectivity index (χ3n) is 4.58. The fourth-order valence-electron chi connectivity index (χ4n) is 3.27. The number of thiophene rings is 1. The lowest BCUT2D eigenvalue weighted by Crippen LogP contribution is -2.29. The Labute approximate surface area is 173 Å². The summed E-state index contributed by atoms with van der Waals surface area (Å²) in [6, 6.07) is 14.2. The summed E-state index contributed by atoms with van der Waals surface area (Å²) in [5.41, 5.74) is 3.53. The van der Waals surface area contributed by atoms with E-state index in [0.29, 0.717) is 16.3 Å². The van der Waals surface area contributed by atoms with Crippen LogP contribution in [0, 0.1) is 18.3 Å². The molecule has 6 nitrogen and oxygen atoms in total. The van der Waals surface area contributed by atoms with Crippen molar-refractivity contribution in [1.29, 1.82) is 5.26 Å². The lowest BCUT2D eigenvalue weighted by atomic mass is 10.0. The van der Waals surface area contributed by atoms with Crippen LogP contribution in [0.2, 0.25) is 0 Å². The van der Waals surface area contributed by atoms with Crippen molar-refractivity contribution >= 4 is 34.7 Å². The molecule has 0 saturated heterocycles. The van der Waals surface area contributed by atoms with Crippen LogP contribution in [0.25, 0.3) is 0 Å². The fourth-order valence-corrected chi connectivity index (χ4v) is 4.51. The maximum Gasteiger partial charge on any atom is 0.294 e. The van der Waals surface area contributed by atoms with Crippen molar-refractivity contribution in [1.82, 2.24) is 10.1 Å². The number of rotatable bonds is 4. The Morgan fingerprint density at radius 3 is 2.86 bits per heavy atom. The topological polar surface area (TPSA) is 82.2 Å². The second-order valence-corrected chi connectivity index (χ2v) is 7.66. The number of hydrogen-bond donors (Lipinski definition) is 1. The van der Waals surface area contributed by atoms with E-state index in [1.165, 1.54) is 16.9 Å². The first kappa shape index (κ1) is 20.1. The summed E-state index contributed by atoms with van der Waals surface area (Å²) in [5, 5.41) is 16.7. The first-order chi connectivity index (χ1) is 13.1. The van der Waals surface area contributed by atoms with E-state index >= 15 is 0 Å². The van der Waals surface area contributed by atoms with Gasteiger partial charge in [-0.05, 0) is 24.5 Å². The molecule has 1 amide bonds. The molecule has 0 spiro atoms. The van der Waals surface area contributed by atoms with Gasteiger partial charge in [0.2, 0.25) is 5.76 Å². The van der Waals surface area contributed by atoms with Crippen molar-refractivity contribution in [3.63, 3.8) is 0 Å². The van der Waals surface area contributed by atoms with Crippen LogP contribution in [0.3, 0.4) is 0 Å². The van der Waals surface area contributed by atoms with Gasteiger partial charge in [0, 0.05) is 30.6 Å². The molecule has 0 fully saturated rings. The zero-order chi connectivity index (χ0) is 18.8. The second kappa shape index (κ2) is 8.57. The Morgan fingerprint density at radius 1 is 1.39 bits per heavy atom. The molecule has 8 heteroatoms. The first-order valence-electron chi connectivity index (χ1n) is 8.69. The third-order valence-corrected chi connectivity index (χ3v) is 5.71. The number of nitrogens with one attached hydrogen (secondary N) is 1. The SMILES string of the molecule is Cc1cc(C(=O)Nc2sc3c(c2C#N)CCN(Cc2ccccc2)C3)on1.Cl. The number of carbonyl (C=O) groups excluding carboxylic acids is 1. The first-order valence-corrected chi connectivity index (χ1v) is 9.51. The maximum atomic E-state index is 12.4. The minimum absolute atomic E-state index is 0. The van der Waals surface area contributed by atoms with E-state index in [4.69, 9.17) is 4.52 Å². The van der Waals surface area contributed by atoms with Gasteiger partial charge >= 0.3 is 0 Å². The summed E-state index contributed by atoms with van der Waals surface area (Å²) in [6.45, 7) is 4.30. The number of halogens is 1. The van der Waals surface area contributed by atoms with Crippen LogP contribution < -0.4 is 5.32 Å². The normalized spacial score (nSPS) is 13.3. The second-order valence-electron chi connectivity index (χ2n) is 6.55. The van der Waals surface area contributed by atoms with E-state index in [0.717, 1.165) is 36.5 Å². The predicted octanol–water partition coefficient (Wildman–Crippen LogP) is 4.15. The van der Waals surface area contributed by atoms with Gasteiger partial charge in [-0.25, -0.2) is 0 Å². The van der Waals surface area contributed by atoms with Crippen molar-refractivity contribution in [3.8, 4) is 6.07 Å². The van der Waals surface area contributed by atoms with Crippen molar-refractivity contribution < 1.29 is 9.32 Å². The predicted molar refractivity (Wildman–Crippen MR) is 110 cm³/mol. The van der Waals surface area contributed by atoms with Gasteiger partial charge in [-0.1, -0.05) is 35.5 Å². The number of aryl methyl sites for hydroxylation is 1. The number of benzene rings is 1. The van der Waals surface area contributed by atoms with E-state index in [9.17, 15) is 10.1 Å². The number of nitrogens with zero attached hydrogens (tertiary/aromatic N) is 3. The van der Waals surface area contributed by atoms with Gasteiger partial charge < -0.3 is 9.84 Å². The maximum absolute atomic E-state index is 12.4. The molecule has 0 unspecified atom stereocenters. The Kier molecular flexibility index (Phi) is 6.15. The standard InChI is InChI=1S/C20H18N4O2S.ClH/c1-13-9-17(26-23-13)19(25)22-20-16(10-21)15-7-8-24(12-18(15)27-20)11-14-5-3-2-4-6-14;/h2-6,9H,7-8,11-12H2,1H3,(H,22,25);1H. The molecule has 4 rings (SSSR count). The molecule has 3 heterocycles. The molecule has 0 aliphatic carbocycles. The zero-order valence-electron chi connectivity index (χ0n) is 15.3. The average molecular weight is 415 g/mol. The molecule has 3 aromatic rings. The van der Waals surface area contributed by atoms with Gasteiger partial charge in [-0.3, -0.25) is 9.69 Å². The van der Waals surface area contributed by atoms with Crippen molar-refractivity contribution in [2.45, 2.75) is 26.4 Å². The highest BCUT2D eigenvalue weighted by Gasteiger charge is 2.26. The molecule has 1 aliphatic rings. The smallest absolute Gasteiger partial charge is 0.294 e. The third kappa shape index (κ3) is 4.09. The molecular weight excluding hydrogens is 396 g/mol. The van der Waals surface area contributed by atoms with Gasteiger partial charge in [0.15, 0.2) is 0 Å². The highest BCUT2D eigenvalue weighted by atomic mass is 35.5. The van der Waals surface area contributed by atoms with E-state index < -0.39 is 0 Å². The Balaban J connectivity index is 0.00000225. The van der Waals surface area contributed by atoms with E-state index in [2.05, 4.69) is 33.6 Å². The lowest BCUT2D eigenvalue weighted by molar-refractivity contribution is 0.0988. The summed E-state index contributed by atoms with van der Waals surface area (Å²) in [4.78, 5) is 15.9. The van der Waals surface area contributed by atoms with Gasteiger partial charge in [-0.15, -0.1) is 23.7 Å². The fraction of sp³-hybridized carbons (Fsp3) is 0.250. The van der Waals surface area contributed by atoms with Gasteiger partial charge in [0.25, 0.3) is 5.91 Å². The van der Waals surface area contributed by atoms with Crippen LogP contribution in [-0.4, -0.2) is 22.5 Å². The molecule has 0 atom stereocenters. The minimum Gasteiger partial charge on any atom is -0.351 e. The summed E-state index contributed by atoms with van der Waals surface area (Å²) in [6.07, 6.45) is 0.804. The molecule has 2 aromatic heterocycles. The lowest BCUT2D eigenvalue weighted by Gasteiger charge is -2.26. The molecule has 0 saturated carbocycles. The van der Waals surface area contributed by atoms with Gasteiger partial charge in [-0.2, -0.15) is 5.26 Å². The molecule has 144 valence electrons. The highest BCUT2D eigenvalue weighted by molar-refractivity contribution is 7.16. The molecule has 1 N–H and O–H groups in total. The Hall–Kier alpha value is -2.66. The summed E-state index contributed by atoms with van der Waals surface area (Å²) < 4.78 is 5.01. The largest absolute Gasteiger partial charge is 0.351 e. The van der Waals surface area contributed by atoms with E-state index in [-0.39, 0.29) is 24.1 Å². The van der Waals surface area contributed by atoms with Crippen molar-refractivity contribution in [3.05, 3.63) is 69.4 Å². The van der Waals surface area contributed by atoms with Crippen LogP contribution in [0.15, 0.2) is 40.9 Å². The summed E-state index contributed by atoms with van der Waals surface area (Å²) >= 11 is 1.47. The molecule has 28 heavy (non-hydrogen) atoms. The quantitative estimate of drug-likeness (QED) is 0.693. The van der Waals surface area contributed by atoms with Crippen LogP contribution in [0.5, 0.6) is 0 Å². The van der Waals surface area contributed by atoms with Gasteiger partial charge in [0.1, 0.15) is 11.1 Å². The molecule has 1 aliphatic heterocycles. The van der Waals surface area contributed by atoms with E-state index in [1.807, 2.05) is 18.2 Å². The number of fused-ring (bicyclic) bond motifs is 1. The van der Waals surface area contributed by atoms with Crippen molar-refractivity contribution in [2.75, 3.05) is 11.9 Å². The number of hydrogen-bond acceptors (Lipinski definition) is 6. The molecule has 0 bridgehead atoms. The number of amides is 1. The van der Waals surface area contributed by atoms with E-state index in [1.54, 1.807) is 13.0 Å². The Bertz CT molecular complexity index is 1020. The average Bonchev–Trinajstić information content (AvgIpc) is 3.25. The highest BCUT2D eigenvalue weighted by Crippen LogP contribution is 2.37. The molecule has 0 radical (unpaired) electrons. The van der Waals surface area contributed by atoms with Crippen molar-refractivity contribution in [2.24, 2.45) is 0 Å². The van der Waals surface area contributed by atoms with Gasteiger partial charge in [0.05, 0.1) is 11.3 Å². The molecule has 1 aromatic carbocycles. The number of anilines is 1. The zero-order valence-corrected chi connectivity index (χ0v) is 16.9. The number of nitriles is 1. The Morgan fingerprint density at radius 2 is 2.18 bits per heavy atom. The summed E-state index contributed by atoms with van der Waals surface area (Å²) in [7, 11) is 0. The molecular formula is C20H19ClN4O2S. The van der Waals surface area contributed by atoms with Crippen LogP contribution in [-0.2, 0) is 19.5 Å². The number of carbonyl (C=O) groups is 1.